The summed E-state index contributed by atoms with van der Waals surface area (Å²) in [5.41, 5.74) is 1.37. The van der Waals surface area contributed by atoms with E-state index >= 15 is 0 Å². The molecule has 13 heavy (non-hydrogen) atoms. The van der Waals surface area contributed by atoms with Crippen LogP contribution in [0.4, 0.5) is 0 Å². The summed E-state index contributed by atoms with van der Waals surface area (Å²) in [6.45, 7) is 4.42. The van der Waals surface area contributed by atoms with Gasteiger partial charge in [0.25, 0.3) is 0 Å². The molecule has 0 saturated heterocycles. The van der Waals surface area contributed by atoms with Gasteiger partial charge in [-0.3, -0.25) is 0 Å². The van der Waals surface area contributed by atoms with Crippen LogP contribution in [0.15, 0.2) is 11.3 Å². The van der Waals surface area contributed by atoms with Gasteiger partial charge in [0.1, 0.15) is 0 Å². The molecule has 0 saturated carbocycles. The molecule has 0 spiro atoms. The van der Waals surface area contributed by atoms with E-state index in [1.165, 1.54) is 37.7 Å². The fourth-order valence-electron chi connectivity index (χ4n) is 2.37. The first-order valence-electron chi connectivity index (χ1n) is 5.70. The molecule has 1 aliphatic rings. The highest BCUT2D eigenvalue weighted by Crippen LogP contribution is 2.34. The van der Waals surface area contributed by atoms with Crippen LogP contribution in [0.25, 0.3) is 0 Å². The second-order valence-electron chi connectivity index (χ2n) is 4.10. The van der Waals surface area contributed by atoms with Crippen molar-refractivity contribution in [1.29, 1.82) is 0 Å². The van der Waals surface area contributed by atoms with E-state index < -0.39 is 0 Å². The highest BCUT2D eigenvalue weighted by Gasteiger charge is 2.21. The van der Waals surface area contributed by atoms with Gasteiger partial charge in [-0.15, -0.1) is 0 Å². The molecule has 0 fully saturated rings. The van der Waals surface area contributed by atoms with Crippen LogP contribution in [0.1, 0.15) is 58.8 Å². The molecule has 0 aromatic carbocycles. The number of allylic oxidation sites excluding steroid dienone is 2. The van der Waals surface area contributed by atoms with Crippen LogP contribution in [0, 0.1) is 5.92 Å². The van der Waals surface area contributed by atoms with Crippen LogP contribution in [-0.2, 0) is 0 Å². The van der Waals surface area contributed by atoms with Crippen molar-refractivity contribution in [2.45, 2.75) is 58.8 Å². The van der Waals surface area contributed by atoms with Crippen LogP contribution in [0.3, 0.4) is 0 Å². The third-order valence-electron chi connectivity index (χ3n) is 2.99. The Morgan fingerprint density at radius 3 is 2.69 bits per heavy atom. The topological polar surface area (TPSA) is 20.2 Å². The van der Waals surface area contributed by atoms with Gasteiger partial charge >= 0.3 is 0 Å². The van der Waals surface area contributed by atoms with Crippen molar-refractivity contribution in [2.75, 3.05) is 0 Å². The molecule has 1 heteroatoms. The first-order chi connectivity index (χ1) is 6.29. The number of hydrogen-bond donors (Lipinski definition) is 1. The normalized spacial score (nSPS) is 23.7. The Morgan fingerprint density at radius 1 is 1.31 bits per heavy atom. The Bertz CT molecular complexity index is 182. The van der Waals surface area contributed by atoms with Crippen molar-refractivity contribution >= 4 is 0 Å². The molecule has 1 rings (SSSR count). The molecule has 76 valence electrons. The zero-order chi connectivity index (χ0) is 9.68. The Labute approximate surface area is 81.9 Å². The van der Waals surface area contributed by atoms with E-state index in [2.05, 4.69) is 13.8 Å². The van der Waals surface area contributed by atoms with Gasteiger partial charge in [0.05, 0.1) is 5.76 Å². The Balaban J connectivity index is 2.65. The fourth-order valence-corrected chi connectivity index (χ4v) is 2.37. The van der Waals surface area contributed by atoms with Crippen LogP contribution in [-0.4, -0.2) is 5.11 Å². The molecule has 0 aromatic heterocycles. The smallest absolute Gasteiger partial charge is 0.0917 e. The van der Waals surface area contributed by atoms with Crippen molar-refractivity contribution < 1.29 is 5.11 Å². The lowest BCUT2D eigenvalue weighted by Gasteiger charge is -2.25. The van der Waals surface area contributed by atoms with E-state index in [0.717, 1.165) is 12.8 Å². The summed E-state index contributed by atoms with van der Waals surface area (Å²) in [5, 5.41) is 9.78. The molecular weight excluding hydrogens is 160 g/mol. The second-order valence-corrected chi connectivity index (χ2v) is 4.10. The van der Waals surface area contributed by atoms with Crippen molar-refractivity contribution in [3.05, 3.63) is 11.3 Å². The van der Waals surface area contributed by atoms with Gasteiger partial charge in [-0.25, -0.2) is 0 Å². The minimum atomic E-state index is 0.693. The van der Waals surface area contributed by atoms with Gasteiger partial charge in [0.15, 0.2) is 0 Å². The maximum Gasteiger partial charge on any atom is 0.0917 e. The van der Waals surface area contributed by atoms with E-state index in [1.807, 2.05) is 0 Å². The number of aliphatic hydroxyl groups is 1. The monoisotopic (exact) mass is 182 g/mol. The lowest BCUT2D eigenvalue weighted by molar-refractivity contribution is 0.319. The molecule has 0 aromatic rings. The van der Waals surface area contributed by atoms with Gasteiger partial charge in [-0.2, -0.15) is 0 Å². The Morgan fingerprint density at radius 2 is 2.08 bits per heavy atom. The third-order valence-corrected chi connectivity index (χ3v) is 2.99. The number of rotatable bonds is 4. The number of hydrogen-bond acceptors (Lipinski definition) is 1. The fraction of sp³-hybridized carbons (Fsp3) is 0.833. The van der Waals surface area contributed by atoms with Gasteiger partial charge in [0.2, 0.25) is 0 Å². The van der Waals surface area contributed by atoms with E-state index in [0.29, 0.717) is 11.7 Å². The lowest BCUT2D eigenvalue weighted by Crippen LogP contribution is -2.12. The molecule has 0 aliphatic heterocycles. The summed E-state index contributed by atoms with van der Waals surface area (Å²) in [5.74, 6) is 1.41. The summed E-state index contributed by atoms with van der Waals surface area (Å²) in [4.78, 5) is 0. The predicted octanol–water partition coefficient (Wildman–Crippen LogP) is 4.20. The average molecular weight is 182 g/mol. The molecule has 1 N–H and O–H groups in total. The van der Waals surface area contributed by atoms with Gasteiger partial charge in [-0.05, 0) is 37.2 Å². The maximum absolute atomic E-state index is 9.78. The first-order valence-corrected chi connectivity index (χ1v) is 5.70. The third kappa shape index (κ3) is 2.75. The van der Waals surface area contributed by atoms with Crippen molar-refractivity contribution in [2.24, 2.45) is 5.92 Å². The average Bonchev–Trinajstić information content (AvgIpc) is 2.11. The second kappa shape index (κ2) is 5.31. The number of aliphatic hydroxyl groups excluding tert-OH is 1. The van der Waals surface area contributed by atoms with Crippen LogP contribution < -0.4 is 0 Å². The van der Waals surface area contributed by atoms with E-state index in [9.17, 15) is 5.11 Å². The van der Waals surface area contributed by atoms with Crippen LogP contribution in [0.2, 0.25) is 0 Å². The molecular formula is C12H22O. The standard InChI is InChI=1S/C12H22O/c1-3-6-10-8-5-9-12(13)11(10)7-4-2/h10,13H,3-9H2,1-2H3. The van der Waals surface area contributed by atoms with Gasteiger partial charge in [0, 0.05) is 6.42 Å². The van der Waals surface area contributed by atoms with Crippen molar-refractivity contribution in [1.82, 2.24) is 0 Å². The highest BCUT2D eigenvalue weighted by atomic mass is 16.3. The molecule has 0 amide bonds. The molecule has 0 radical (unpaired) electrons. The lowest BCUT2D eigenvalue weighted by atomic mass is 9.81. The SMILES string of the molecule is CCCC1=C(O)CCCC1CCC. The Hall–Kier alpha value is -0.460. The highest BCUT2D eigenvalue weighted by molar-refractivity contribution is 5.14. The molecule has 0 heterocycles. The van der Waals surface area contributed by atoms with E-state index in [4.69, 9.17) is 0 Å². The zero-order valence-corrected chi connectivity index (χ0v) is 8.97. The zero-order valence-electron chi connectivity index (χ0n) is 8.97. The Kier molecular flexibility index (Phi) is 4.34. The van der Waals surface area contributed by atoms with E-state index in [1.54, 1.807) is 0 Å². The van der Waals surface area contributed by atoms with Crippen LogP contribution in [0.5, 0.6) is 0 Å². The predicted molar refractivity (Wildman–Crippen MR) is 56.8 cm³/mol. The van der Waals surface area contributed by atoms with Crippen molar-refractivity contribution in [3.8, 4) is 0 Å². The van der Waals surface area contributed by atoms with Gasteiger partial charge in [-0.1, -0.05) is 26.7 Å². The minimum absolute atomic E-state index is 0.693. The first kappa shape index (κ1) is 10.6. The molecule has 1 unspecified atom stereocenters. The largest absolute Gasteiger partial charge is 0.512 e. The molecule has 1 aliphatic carbocycles. The molecule has 0 bridgehead atoms. The summed E-state index contributed by atoms with van der Waals surface area (Å²) >= 11 is 0. The maximum atomic E-state index is 9.78. The van der Waals surface area contributed by atoms with Gasteiger partial charge < -0.3 is 5.11 Å². The molecule has 1 atom stereocenters. The quantitative estimate of drug-likeness (QED) is 0.691. The molecule has 1 nitrogen and oxygen atoms in total. The summed E-state index contributed by atoms with van der Waals surface area (Å²) in [7, 11) is 0. The summed E-state index contributed by atoms with van der Waals surface area (Å²) in [6, 6.07) is 0. The van der Waals surface area contributed by atoms with Crippen molar-refractivity contribution in [3.63, 3.8) is 0 Å². The van der Waals surface area contributed by atoms with Crippen LogP contribution >= 0.6 is 0 Å². The van der Waals surface area contributed by atoms with E-state index in [-0.39, 0.29) is 0 Å². The summed E-state index contributed by atoms with van der Waals surface area (Å²) in [6.07, 6.45) is 8.19. The summed E-state index contributed by atoms with van der Waals surface area (Å²) < 4.78 is 0. The minimum Gasteiger partial charge on any atom is -0.512 e.